The lowest BCUT2D eigenvalue weighted by Crippen LogP contribution is -2.26. The zero-order valence-corrected chi connectivity index (χ0v) is 10.3. The number of methoxy groups -OCH3 is 1. The monoisotopic (exact) mass is 255 g/mol. The SMILES string of the molecule is COc1ccc(N2CC(CN)CC2=O)c(Cl)n1. The molecule has 92 valence electrons. The Morgan fingerprint density at radius 1 is 1.65 bits per heavy atom. The second-order valence-corrected chi connectivity index (χ2v) is 4.33. The molecule has 1 saturated heterocycles. The van der Waals surface area contributed by atoms with Crippen LogP contribution < -0.4 is 15.4 Å². The Hall–Kier alpha value is -1.33. The fraction of sp³-hybridized carbons (Fsp3) is 0.455. The molecule has 17 heavy (non-hydrogen) atoms. The average Bonchev–Trinajstić information content (AvgIpc) is 2.70. The summed E-state index contributed by atoms with van der Waals surface area (Å²) in [6.07, 6.45) is 0.471. The van der Waals surface area contributed by atoms with E-state index in [9.17, 15) is 4.79 Å². The van der Waals surface area contributed by atoms with Gasteiger partial charge in [-0.2, -0.15) is 4.98 Å². The van der Waals surface area contributed by atoms with Gasteiger partial charge < -0.3 is 15.4 Å². The second-order valence-electron chi connectivity index (χ2n) is 3.97. The molecule has 2 rings (SSSR count). The van der Waals surface area contributed by atoms with E-state index in [0.29, 0.717) is 31.1 Å². The highest BCUT2D eigenvalue weighted by atomic mass is 35.5. The largest absolute Gasteiger partial charge is 0.481 e. The van der Waals surface area contributed by atoms with Crippen molar-refractivity contribution in [2.24, 2.45) is 11.7 Å². The van der Waals surface area contributed by atoms with Gasteiger partial charge in [0, 0.05) is 19.0 Å². The second kappa shape index (κ2) is 4.89. The molecule has 6 heteroatoms. The van der Waals surface area contributed by atoms with E-state index in [1.165, 1.54) is 7.11 Å². The van der Waals surface area contributed by atoms with Crippen molar-refractivity contribution in [2.75, 3.05) is 25.1 Å². The van der Waals surface area contributed by atoms with E-state index in [1.807, 2.05) is 0 Å². The normalized spacial score (nSPS) is 19.8. The Bertz CT molecular complexity index is 439. The first-order valence-corrected chi connectivity index (χ1v) is 5.74. The molecule has 0 bridgehead atoms. The number of rotatable bonds is 3. The van der Waals surface area contributed by atoms with Gasteiger partial charge in [-0.3, -0.25) is 4.79 Å². The van der Waals surface area contributed by atoms with Gasteiger partial charge in [0.1, 0.15) is 0 Å². The number of ether oxygens (including phenoxy) is 1. The Labute approximate surface area is 105 Å². The van der Waals surface area contributed by atoms with E-state index in [4.69, 9.17) is 22.1 Å². The summed E-state index contributed by atoms with van der Waals surface area (Å²) in [7, 11) is 1.52. The number of halogens is 1. The summed E-state index contributed by atoms with van der Waals surface area (Å²) < 4.78 is 4.96. The molecule has 1 amide bonds. The lowest BCUT2D eigenvalue weighted by molar-refractivity contribution is -0.117. The molecule has 1 aromatic rings. The first-order valence-electron chi connectivity index (χ1n) is 5.36. The highest BCUT2D eigenvalue weighted by molar-refractivity contribution is 6.32. The van der Waals surface area contributed by atoms with Gasteiger partial charge in [0.2, 0.25) is 11.8 Å². The maximum Gasteiger partial charge on any atom is 0.227 e. The first kappa shape index (κ1) is 12.1. The molecule has 2 heterocycles. The maximum atomic E-state index is 11.8. The van der Waals surface area contributed by atoms with Crippen molar-refractivity contribution >= 4 is 23.2 Å². The molecule has 0 saturated carbocycles. The number of hydrogen-bond donors (Lipinski definition) is 1. The van der Waals surface area contributed by atoms with E-state index in [2.05, 4.69) is 4.98 Å². The van der Waals surface area contributed by atoms with Crippen molar-refractivity contribution in [3.63, 3.8) is 0 Å². The van der Waals surface area contributed by atoms with Crippen LogP contribution in [-0.4, -0.2) is 31.1 Å². The van der Waals surface area contributed by atoms with Crippen LogP contribution in [0.2, 0.25) is 5.15 Å². The van der Waals surface area contributed by atoms with Crippen molar-refractivity contribution < 1.29 is 9.53 Å². The van der Waals surface area contributed by atoms with Crippen LogP contribution in [0.1, 0.15) is 6.42 Å². The summed E-state index contributed by atoms with van der Waals surface area (Å²) in [6.45, 7) is 1.10. The van der Waals surface area contributed by atoms with Gasteiger partial charge in [-0.05, 0) is 18.5 Å². The number of carbonyl (C=O) groups excluding carboxylic acids is 1. The van der Waals surface area contributed by atoms with Crippen LogP contribution in [0.5, 0.6) is 5.88 Å². The maximum absolute atomic E-state index is 11.8. The molecule has 1 aliphatic heterocycles. The van der Waals surface area contributed by atoms with Crippen LogP contribution in [0.3, 0.4) is 0 Å². The lowest BCUT2D eigenvalue weighted by atomic mass is 10.1. The van der Waals surface area contributed by atoms with Crippen LogP contribution in [0, 0.1) is 5.92 Å². The van der Waals surface area contributed by atoms with Crippen molar-refractivity contribution in [3.05, 3.63) is 17.3 Å². The third-order valence-corrected chi connectivity index (χ3v) is 3.12. The summed E-state index contributed by atoms with van der Waals surface area (Å²) in [4.78, 5) is 17.5. The summed E-state index contributed by atoms with van der Waals surface area (Å²) in [5.41, 5.74) is 6.19. The molecule has 1 aliphatic rings. The Kier molecular flexibility index (Phi) is 3.49. The fourth-order valence-corrected chi connectivity index (χ4v) is 2.15. The van der Waals surface area contributed by atoms with Gasteiger partial charge in [0.05, 0.1) is 12.8 Å². The molecule has 0 aliphatic carbocycles. The number of aromatic nitrogens is 1. The molecule has 5 nitrogen and oxygen atoms in total. The quantitative estimate of drug-likeness (QED) is 0.820. The molecule has 0 radical (unpaired) electrons. The summed E-state index contributed by atoms with van der Waals surface area (Å²) in [6, 6.07) is 3.43. The zero-order chi connectivity index (χ0) is 12.4. The van der Waals surface area contributed by atoms with Gasteiger partial charge in [-0.15, -0.1) is 0 Å². The Morgan fingerprint density at radius 3 is 2.94 bits per heavy atom. The van der Waals surface area contributed by atoms with Crippen LogP contribution >= 0.6 is 11.6 Å². The summed E-state index contributed by atoms with van der Waals surface area (Å²) >= 11 is 6.03. The fourth-order valence-electron chi connectivity index (χ4n) is 1.90. The van der Waals surface area contributed by atoms with Crippen LogP contribution in [-0.2, 0) is 4.79 Å². The van der Waals surface area contributed by atoms with Crippen LogP contribution in [0.4, 0.5) is 5.69 Å². The van der Waals surface area contributed by atoms with E-state index < -0.39 is 0 Å². The summed E-state index contributed by atoms with van der Waals surface area (Å²) in [5, 5.41) is 0.273. The van der Waals surface area contributed by atoms with E-state index in [1.54, 1.807) is 17.0 Å². The molecule has 1 aromatic heterocycles. The standard InChI is InChI=1S/C11H14ClN3O2/c1-17-9-3-2-8(11(12)14-9)15-6-7(5-13)4-10(15)16/h2-3,7H,4-6,13H2,1H3. The first-order chi connectivity index (χ1) is 8.15. The topological polar surface area (TPSA) is 68.5 Å². The predicted molar refractivity (Wildman–Crippen MR) is 65.3 cm³/mol. The minimum absolute atomic E-state index is 0.0364. The highest BCUT2D eigenvalue weighted by Gasteiger charge is 2.31. The van der Waals surface area contributed by atoms with E-state index in [0.717, 1.165) is 0 Å². The summed E-state index contributed by atoms with van der Waals surface area (Å²) in [5.74, 6) is 0.663. The third-order valence-electron chi connectivity index (χ3n) is 2.84. The number of nitrogens with two attached hydrogens (primary N) is 1. The Morgan fingerprint density at radius 2 is 2.41 bits per heavy atom. The van der Waals surface area contributed by atoms with Gasteiger partial charge in [-0.1, -0.05) is 11.6 Å². The highest BCUT2D eigenvalue weighted by Crippen LogP contribution is 2.31. The Balaban J connectivity index is 2.26. The third kappa shape index (κ3) is 2.35. The van der Waals surface area contributed by atoms with E-state index in [-0.39, 0.29) is 17.0 Å². The molecule has 1 fully saturated rings. The zero-order valence-electron chi connectivity index (χ0n) is 9.52. The molecule has 0 aromatic carbocycles. The lowest BCUT2D eigenvalue weighted by Gasteiger charge is -2.17. The predicted octanol–water partition coefficient (Wildman–Crippen LogP) is 1.06. The van der Waals surface area contributed by atoms with Crippen molar-refractivity contribution in [1.29, 1.82) is 0 Å². The molecular formula is C11H14ClN3O2. The number of pyridine rings is 1. The van der Waals surface area contributed by atoms with E-state index >= 15 is 0 Å². The minimum Gasteiger partial charge on any atom is -0.481 e. The number of anilines is 1. The van der Waals surface area contributed by atoms with Crippen molar-refractivity contribution in [1.82, 2.24) is 4.98 Å². The number of amides is 1. The van der Waals surface area contributed by atoms with Gasteiger partial charge in [-0.25, -0.2) is 0 Å². The van der Waals surface area contributed by atoms with Crippen LogP contribution in [0.15, 0.2) is 12.1 Å². The number of nitrogens with zero attached hydrogens (tertiary/aromatic N) is 2. The van der Waals surface area contributed by atoms with Crippen molar-refractivity contribution in [3.8, 4) is 5.88 Å². The number of hydrogen-bond acceptors (Lipinski definition) is 4. The van der Waals surface area contributed by atoms with Crippen LogP contribution in [0.25, 0.3) is 0 Å². The average molecular weight is 256 g/mol. The smallest absolute Gasteiger partial charge is 0.227 e. The molecule has 1 atom stereocenters. The molecule has 0 spiro atoms. The molecular weight excluding hydrogens is 242 g/mol. The molecule has 1 unspecified atom stereocenters. The van der Waals surface area contributed by atoms with Gasteiger partial charge in [0.25, 0.3) is 0 Å². The minimum atomic E-state index is 0.0364. The van der Waals surface area contributed by atoms with Gasteiger partial charge in [0.15, 0.2) is 5.15 Å². The number of carbonyl (C=O) groups is 1. The van der Waals surface area contributed by atoms with Gasteiger partial charge >= 0.3 is 0 Å². The van der Waals surface area contributed by atoms with Crippen molar-refractivity contribution in [2.45, 2.75) is 6.42 Å². The molecule has 2 N–H and O–H groups in total.